The van der Waals surface area contributed by atoms with E-state index in [4.69, 9.17) is 5.73 Å². The van der Waals surface area contributed by atoms with Crippen LogP contribution in [0.4, 0.5) is 11.4 Å². The lowest BCUT2D eigenvalue weighted by atomic mass is 10.3. The van der Waals surface area contributed by atoms with Crippen LogP contribution in [0.3, 0.4) is 0 Å². The first-order valence-electron chi connectivity index (χ1n) is 4.78. The number of benzene rings is 1. The quantitative estimate of drug-likeness (QED) is 0.636. The molecule has 0 spiro atoms. The smallest absolute Gasteiger partial charge is 0.265 e. The molecule has 0 unspecified atom stereocenters. The fraction of sp³-hybridized carbons (Fsp3) is 0. The van der Waals surface area contributed by atoms with Crippen molar-refractivity contribution in [1.82, 2.24) is 0 Å². The average molecular weight is 455 g/mol. The fourth-order valence-electron chi connectivity index (χ4n) is 1.32. The predicted molar refractivity (Wildman–Crippen MR) is 86.2 cm³/mol. The van der Waals surface area contributed by atoms with Gasteiger partial charge in [-0.2, -0.15) is 0 Å². The minimum Gasteiger partial charge on any atom is -0.399 e. The average Bonchev–Trinajstić information content (AvgIpc) is 2.70. The van der Waals surface area contributed by atoms with E-state index in [-0.39, 0.29) is 5.91 Å². The van der Waals surface area contributed by atoms with Gasteiger partial charge in [-0.15, -0.1) is 11.3 Å². The van der Waals surface area contributed by atoms with E-state index in [1.807, 2.05) is 6.07 Å². The van der Waals surface area contributed by atoms with Gasteiger partial charge in [0.2, 0.25) is 0 Å². The Kier molecular flexibility index (Phi) is 4.47. The van der Waals surface area contributed by atoms with E-state index in [0.29, 0.717) is 16.3 Å². The van der Waals surface area contributed by atoms with Crippen LogP contribution in [0.5, 0.6) is 0 Å². The summed E-state index contributed by atoms with van der Waals surface area (Å²) in [4.78, 5) is 12.7. The Hall–Kier alpha value is -0.370. The standard InChI is InChI=1S/C11H7Br3N2OS/c12-6-3-5(15)4-7(13)10(6)16-11(17)8-1-2-9(14)18-8/h1-4H,15H2,(H,16,17). The lowest BCUT2D eigenvalue weighted by molar-refractivity contribution is 0.103. The maximum atomic E-state index is 12.0. The number of anilines is 2. The molecule has 94 valence electrons. The van der Waals surface area contributed by atoms with Gasteiger partial charge >= 0.3 is 0 Å². The van der Waals surface area contributed by atoms with Crippen LogP contribution in [0.2, 0.25) is 0 Å². The number of nitrogen functional groups attached to an aromatic ring is 1. The largest absolute Gasteiger partial charge is 0.399 e. The van der Waals surface area contributed by atoms with Crippen molar-refractivity contribution in [1.29, 1.82) is 0 Å². The molecular formula is C11H7Br3N2OS. The van der Waals surface area contributed by atoms with E-state index in [1.165, 1.54) is 11.3 Å². The molecule has 0 fully saturated rings. The summed E-state index contributed by atoms with van der Waals surface area (Å²) >= 11 is 11.5. The van der Waals surface area contributed by atoms with E-state index >= 15 is 0 Å². The zero-order valence-corrected chi connectivity index (χ0v) is 14.4. The van der Waals surface area contributed by atoms with Crippen molar-refractivity contribution in [2.24, 2.45) is 0 Å². The third kappa shape index (κ3) is 3.14. The molecule has 0 aliphatic carbocycles. The molecule has 18 heavy (non-hydrogen) atoms. The molecule has 0 saturated heterocycles. The van der Waals surface area contributed by atoms with Crippen LogP contribution < -0.4 is 11.1 Å². The maximum Gasteiger partial charge on any atom is 0.265 e. The highest BCUT2D eigenvalue weighted by molar-refractivity contribution is 9.11. The van der Waals surface area contributed by atoms with Crippen molar-refractivity contribution < 1.29 is 4.79 Å². The molecule has 2 rings (SSSR count). The molecule has 1 aromatic heterocycles. The second-order valence-corrected chi connectivity index (χ2v) is 7.59. The van der Waals surface area contributed by atoms with Crippen LogP contribution in [0, 0.1) is 0 Å². The van der Waals surface area contributed by atoms with Gasteiger partial charge in [0, 0.05) is 14.6 Å². The highest BCUT2D eigenvalue weighted by Crippen LogP contribution is 2.34. The molecule has 3 N–H and O–H groups in total. The van der Waals surface area contributed by atoms with Gasteiger partial charge in [0.1, 0.15) is 0 Å². The zero-order chi connectivity index (χ0) is 13.3. The van der Waals surface area contributed by atoms with Crippen LogP contribution in [0.1, 0.15) is 9.67 Å². The fourth-order valence-corrected chi connectivity index (χ4v) is 4.03. The number of halogens is 3. The predicted octanol–water partition coefficient (Wildman–Crippen LogP) is 4.87. The normalized spacial score (nSPS) is 10.4. The van der Waals surface area contributed by atoms with Gasteiger partial charge in [0.05, 0.1) is 14.4 Å². The number of hydrogen-bond donors (Lipinski definition) is 2. The number of carbonyl (C=O) groups is 1. The summed E-state index contributed by atoms with van der Waals surface area (Å²) in [6.45, 7) is 0. The Bertz CT molecular complexity index is 589. The van der Waals surface area contributed by atoms with E-state index < -0.39 is 0 Å². The van der Waals surface area contributed by atoms with Crippen molar-refractivity contribution in [3.8, 4) is 0 Å². The summed E-state index contributed by atoms with van der Waals surface area (Å²) in [7, 11) is 0. The van der Waals surface area contributed by atoms with Gasteiger partial charge in [0.25, 0.3) is 5.91 Å². The molecule has 0 aliphatic rings. The van der Waals surface area contributed by atoms with Crippen LogP contribution in [-0.4, -0.2) is 5.91 Å². The van der Waals surface area contributed by atoms with Crippen molar-refractivity contribution in [3.05, 3.63) is 41.9 Å². The van der Waals surface area contributed by atoms with E-state index in [9.17, 15) is 4.79 Å². The lowest BCUT2D eigenvalue weighted by Crippen LogP contribution is -2.11. The molecule has 7 heteroatoms. The van der Waals surface area contributed by atoms with Gasteiger partial charge in [-0.3, -0.25) is 4.79 Å². The van der Waals surface area contributed by atoms with E-state index in [0.717, 1.165) is 12.7 Å². The van der Waals surface area contributed by atoms with Gasteiger partial charge in [-0.1, -0.05) is 0 Å². The number of hydrogen-bond acceptors (Lipinski definition) is 3. The van der Waals surface area contributed by atoms with Gasteiger partial charge in [-0.25, -0.2) is 0 Å². The number of carbonyl (C=O) groups excluding carboxylic acids is 1. The van der Waals surface area contributed by atoms with Crippen LogP contribution in [0.25, 0.3) is 0 Å². The zero-order valence-electron chi connectivity index (χ0n) is 8.84. The summed E-state index contributed by atoms with van der Waals surface area (Å²) in [5.74, 6) is -0.156. The second kappa shape index (κ2) is 5.73. The van der Waals surface area contributed by atoms with Crippen molar-refractivity contribution in [3.63, 3.8) is 0 Å². The summed E-state index contributed by atoms with van der Waals surface area (Å²) in [6.07, 6.45) is 0. The van der Waals surface area contributed by atoms with E-state index in [2.05, 4.69) is 53.1 Å². The highest BCUT2D eigenvalue weighted by atomic mass is 79.9. The first kappa shape index (κ1) is 14.0. The third-order valence-corrected chi connectivity index (χ3v) is 4.97. The first-order chi connectivity index (χ1) is 8.47. The summed E-state index contributed by atoms with van der Waals surface area (Å²) in [5.41, 5.74) is 6.98. The number of nitrogens with two attached hydrogens (primary N) is 1. The van der Waals surface area contributed by atoms with Crippen molar-refractivity contribution in [2.75, 3.05) is 11.1 Å². The molecule has 0 aliphatic heterocycles. The molecular weight excluding hydrogens is 448 g/mol. The Morgan fingerprint density at radius 2 is 1.78 bits per heavy atom. The minimum atomic E-state index is -0.156. The Morgan fingerprint density at radius 1 is 1.17 bits per heavy atom. The maximum absolute atomic E-state index is 12.0. The molecule has 2 aromatic rings. The Balaban J connectivity index is 2.27. The molecule has 0 bridgehead atoms. The monoisotopic (exact) mass is 452 g/mol. The molecule has 1 heterocycles. The Morgan fingerprint density at radius 3 is 2.28 bits per heavy atom. The molecule has 3 nitrogen and oxygen atoms in total. The number of thiophene rings is 1. The van der Waals surface area contributed by atoms with Gasteiger partial charge in [-0.05, 0) is 72.1 Å². The van der Waals surface area contributed by atoms with E-state index in [1.54, 1.807) is 18.2 Å². The van der Waals surface area contributed by atoms with Crippen molar-refractivity contribution in [2.45, 2.75) is 0 Å². The van der Waals surface area contributed by atoms with Gasteiger partial charge < -0.3 is 11.1 Å². The summed E-state index contributed by atoms with van der Waals surface area (Å²) in [5, 5.41) is 2.84. The molecule has 0 radical (unpaired) electrons. The van der Waals surface area contributed by atoms with Crippen molar-refractivity contribution >= 4 is 76.4 Å². The lowest BCUT2D eigenvalue weighted by Gasteiger charge is -2.09. The molecule has 0 atom stereocenters. The minimum absolute atomic E-state index is 0.156. The topological polar surface area (TPSA) is 55.1 Å². The molecule has 1 aromatic carbocycles. The van der Waals surface area contributed by atoms with Crippen LogP contribution in [0.15, 0.2) is 37.0 Å². The summed E-state index contributed by atoms with van der Waals surface area (Å²) in [6, 6.07) is 7.09. The third-order valence-electron chi connectivity index (χ3n) is 2.10. The Labute approximate surface area is 133 Å². The van der Waals surface area contributed by atoms with Crippen LogP contribution in [-0.2, 0) is 0 Å². The van der Waals surface area contributed by atoms with Gasteiger partial charge in [0.15, 0.2) is 0 Å². The second-order valence-electron chi connectivity index (χ2n) is 3.42. The summed E-state index contributed by atoms with van der Waals surface area (Å²) < 4.78 is 2.39. The highest BCUT2D eigenvalue weighted by Gasteiger charge is 2.13. The van der Waals surface area contributed by atoms with Crippen LogP contribution >= 0.6 is 59.1 Å². The number of amides is 1. The number of nitrogens with one attached hydrogen (secondary N) is 1. The molecule has 1 amide bonds. The number of rotatable bonds is 2. The first-order valence-corrected chi connectivity index (χ1v) is 7.98. The SMILES string of the molecule is Nc1cc(Br)c(NC(=O)c2ccc(Br)s2)c(Br)c1. The molecule has 0 saturated carbocycles.